The molecule has 1 heterocycles. The van der Waals surface area contributed by atoms with Gasteiger partial charge in [0, 0.05) is 18.5 Å². The van der Waals surface area contributed by atoms with Crippen LogP contribution in [-0.4, -0.2) is 44.8 Å². The fraction of sp³-hybridized carbons (Fsp3) is 0.500. The van der Waals surface area contributed by atoms with E-state index in [9.17, 15) is 9.59 Å². The van der Waals surface area contributed by atoms with E-state index in [0.29, 0.717) is 5.75 Å². The molecular weight excluding hydrogens is 242 g/mol. The Morgan fingerprint density at radius 1 is 1.65 bits per heavy atom. The van der Waals surface area contributed by atoms with Gasteiger partial charge in [-0.15, -0.1) is 0 Å². The van der Waals surface area contributed by atoms with Crippen LogP contribution in [0.1, 0.15) is 16.2 Å². The Morgan fingerprint density at radius 2 is 2.29 bits per heavy atom. The Hall–Kier alpha value is -1.50. The summed E-state index contributed by atoms with van der Waals surface area (Å²) in [6.45, 7) is 1.82. The number of thioether (sulfide) groups is 1. The van der Waals surface area contributed by atoms with Crippen molar-refractivity contribution >= 4 is 23.6 Å². The van der Waals surface area contributed by atoms with Gasteiger partial charge in [0.2, 0.25) is 0 Å². The highest BCUT2D eigenvalue weighted by Gasteiger charge is 2.21. The zero-order valence-electron chi connectivity index (χ0n) is 9.93. The van der Waals surface area contributed by atoms with Gasteiger partial charge in [0.1, 0.15) is 11.7 Å². The van der Waals surface area contributed by atoms with Crippen LogP contribution in [0.2, 0.25) is 0 Å². The first-order valence-corrected chi connectivity index (χ1v) is 6.38. The first kappa shape index (κ1) is 13.6. The molecule has 7 heteroatoms. The molecule has 0 unspecified atom stereocenters. The van der Waals surface area contributed by atoms with E-state index < -0.39 is 17.9 Å². The van der Waals surface area contributed by atoms with E-state index in [1.54, 1.807) is 24.1 Å². The summed E-state index contributed by atoms with van der Waals surface area (Å²) in [4.78, 5) is 22.6. The predicted molar refractivity (Wildman–Crippen MR) is 65.2 cm³/mol. The van der Waals surface area contributed by atoms with E-state index in [4.69, 9.17) is 5.11 Å². The molecule has 1 aromatic heterocycles. The maximum atomic E-state index is 11.7. The molecule has 0 saturated carbocycles. The molecule has 0 aliphatic rings. The molecule has 0 aromatic carbocycles. The van der Waals surface area contributed by atoms with Crippen molar-refractivity contribution in [1.29, 1.82) is 0 Å². The summed E-state index contributed by atoms with van der Waals surface area (Å²) in [6, 6.07) is 0.729. The van der Waals surface area contributed by atoms with Crippen LogP contribution in [-0.2, 0) is 11.8 Å². The monoisotopic (exact) mass is 257 g/mol. The van der Waals surface area contributed by atoms with E-state index in [2.05, 4.69) is 10.4 Å². The number of aryl methyl sites for hydroxylation is 2. The third-order valence-electron chi connectivity index (χ3n) is 2.28. The number of hydrogen-bond donors (Lipinski definition) is 2. The Bertz CT molecular complexity index is 411. The van der Waals surface area contributed by atoms with Gasteiger partial charge in [-0.3, -0.25) is 9.48 Å². The van der Waals surface area contributed by atoms with Crippen LogP contribution >= 0.6 is 11.8 Å². The van der Waals surface area contributed by atoms with Gasteiger partial charge < -0.3 is 10.4 Å². The second-order valence-electron chi connectivity index (χ2n) is 3.61. The Kier molecular flexibility index (Phi) is 4.56. The van der Waals surface area contributed by atoms with Crippen molar-refractivity contribution in [1.82, 2.24) is 15.1 Å². The average Bonchev–Trinajstić information content (AvgIpc) is 2.58. The highest BCUT2D eigenvalue weighted by molar-refractivity contribution is 7.98. The Balaban J connectivity index is 2.73. The maximum Gasteiger partial charge on any atom is 0.327 e. The summed E-state index contributed by atoms with van der Waals surface area (Å²) in [5.41, 5.74) is 1.07. The predicted octanol–water partition coefficient (Wildman–Crippen LogP) is 0.275. The Labute approximate surface area is 103 Å². The van der Waals surface area contributed by atoms with Gasteiger partial charge in [-0.25, -0.2) is 4.79 Å². The molecule has 2 N–H and O–H groups in total. The molecule has 1 aromatic rings. The van der Waals surface area contributed by atoms with E-state index in [-0.39, 0.29) is 5.69 Å². The van der Waals surface area contributed by atoms with Gasteiger partial charge in [0.15, 0.2) is 0 Å². The van der Waals surface area contributed by atoms with Crippen molar-refractivity contribution in [2.24, 2.45) is 7.05 Å². The van der Waals surface area contributed by atoms with Gasteiger partial charge in [0.25, 0.3) is 5.91 Å². The van der Waals surface area contributed by atoms with Gasteiger partial charge in [-0.1, -0.05) is 0 Å². The molecular formula is C10H15N3O3S. The normalized spacial score (nSPS) is 12.2. The zero-order valence-corrected chi connectivity index (χ0v) is 10.7. The second kappa shape index (κ2) is 5.72. The van der Waals surface area contributed by atoms with Gasteiger partial charge in [-0.2, -0.15) is 16.9 Å². The highest BCUT2D eigenvalue weighted by Crippen LogP contribution is 2.03. The van der Waals surface area contributed by atoms with Crippen LogP contribution in [0, 0.1) is 6.92 Å². The van der Waals surface area contributed by atoms with E-state index in [0.717, 1.165) is 5.69 Å². The molecule has 1 atom stereocenters. The minimum atomic E-state index is -1.04. The summed E-state index contributed by atoms with van der Waals surface area (Å²) in [5.74, 6) is -1.18. The quantitative estimate of drug-likeness (QED) is 0.791. The summed E-state index contributed by atoms with van der Waals surface area (Å²) in [6.07, 6.45) is 1.78. The lowest BCUT2D eigenvalue weighted by atomic mass is 10.3. The molecule has 0 aliphatic heterocycles. The van der Waals surface area contributed by atoms with Crippen LogP contribution in [0.5, 0.6) is 0 Å². The van der Waals surface area contributed by atoms with Gasteiger partial charge in [0.05, 0.1) is 0 Å². The molecule has 0 aliphatic carbocycles. The van der Waals surface area contributed by atoms with Crippen molar-refractivity contribution in [2.45, 2.75) is 13.0 Å². The van der Waals surface area contributed by atoms with Crippen LogP contribution < -0.4 is 5.32 Å². The molecule has 94 valence electrons. The summed E-state index contributed by atoms with van der Waals surface area (Å²) in [7, 11) is 1.72. The number of carbonyl (C=O) groups is 2. The number of amides is 1. The van der Waals surface area contributed by atoms with Crippen LogP contribution in [0.4, 0.5) is 0 Å². The number of aliphatic carboxylic acids is 1. The number of carboxylic acid groups (broad SMARTS) is 1. The molecule has 1 rings (SSSR count). The van der Waals surface area contributed by atoms with E-state index >= 15 is 0 Å². The van der Waals surface area contributed by atoms with E-state index in [1.165, 1.54) is 11.8 Å². The van der Waals surface area contributed by atoms with Crippen LogP contribution in [0.15, 0.2) is 6.07 Å². The molecule has 17 heavy (non-hydrogen) atoms. The fourth-order valence-corrected chi connectivity index (χ4v) is 1.80. The third kappa shape index (κ3) is 3.48. The SMILES string of the molecule is CSC[C@H](NC(=O)c1cc(C)n(C)n1)C(=O)O. The summed E-state index contributed by atoms with van der Waals surface area (Å²) >= 11 is 1.36. The molecule has 6 nitrogen and oxygen atoms in total. The largest absolute Gasteiger partial charge is 0.480 e. The first-order valence-electron chi connectivity index (χ1n) is 4.99. The van der Waals surface area contributed by atoms with Crippen LogP contribution in [0.3, 0.4) is 0 Å². The lowest BCUT2D eigenvalue weighted by Gasteiger charge is -2.11. The minimum Gasteiger partial charge on any atom is -0.480 e. The van der Waals surface area contributed by atoms with Crippen molar-refractivity contribution < 1.29 is 14.7 Å². The molecule has 0 saturated heterocycles. The smallest absolute Gasteiger partial charge is 0.327 e. The average molecular weight is 257 g/mol. The highest BCUT2D eigenvalue weighted by atomic mass is 32.2. The number of hydrogen-bond acceptors (Lipinski definition) is 4. The van der Waals surface area contributed by atoms with Crippen molar-refractivity contribution in [3.05, 3.63) is 17.5 Å². The fourth-order valence-electron chi connectivity index (χ4n) is 1.25. The van der Waals surface area contributed by atoms with Crippen molar-refractivity contribution in [2.75, 3.05) is 12.0 Å². The van der Waals surface area contributed by atoms with Gasteiger partial charge in [-0.05, 0) is 19.2 Å². The number of carbonyl (C=O) groups excluding carboxylic acids is 1. The Morgan fingerprint density at radius 3 is 2.71 bits per heavy atom. The standard InChI is InChI=1S/C10H15N3O3S/c1-6-4-7(12-13(6)2)9(14)11-8(5-17-3)10(15)16/h4,8H,5H2,1-3H3,(H,11,14)(H,15,16)/t8-/m0/s1. The topological polar surface area (TPSA) is 84.2 Å². The number of carboxylic acids is 1. The molecule has 0 fully saturated rings. The number of rotatable bonds is 5. The summed E-state index contributed by atoms with van der Waals surface area (Å²) < 4.78 is 1.57. The molecule has 0 spiro atoms. The van der Waals surface area contributed by atoms with Crippen LogP contribution in [0.25, 0.3) is 0 Å². The first-order chi connectivity index (χ1) is 7.95. The van der Waals surface area contributed by atoms with Crippen molar-refractivity contribution in [3.8, 4) is 0 Å². The molecule has 1 amide bonds. The van der Waals surface area contributed by atoms with Gasteiger partial charge >= 0.3 is 5.97 Å². The second-order valence-corrected chi connectivity index (χ2v) is 4.52. The summed E-state index contributed by atoms with van der Waals surface area (Å²) in [5, 5.41) is 15.3. The third-order valence-corrected chi connectivity index (χ3v) is 2.95. The number of nitrogens with zero attached hydrogens (tertiary/aromatic N) is 2. The molecule has 0 radical (unpaired) electrons. The number of aromatic nitrogens is 2. The molecule has 0 bridgehead atoms. The zero-order chi connectivity index (χ0) is 13.0. The lowest BCUT2D eigenvalue weighted by Crippen LogP contribution is -2.42. The van der Waals surface area contributed by atoms with Crippen molar-refractivity contribution in [3.63, 3.8) is 0 Å². The minimum absolute atomic E-state index is 0.234. The maximum absolute atomic E-state index is 11.7. The lowest BCUT2D eigenvalue weighted by molar-refractivity contribution is -0.138. The van der Waals surface area contributed by atoms with E-state index in [1.807, 2.05) is 6.92 Å². The number of nitrogens with one attached hydrogen (secondary N) is 1.